The fraction of sp³-hybridized carbons (Fsp3) is 0.562. The number of carbonyl (C=O) groups excluding carboxylic acids is 2. The number of hydrogen-bond acceptors (Lipinski definition) is 4. The second-order valence-electron chi connectivity index (χ2n) is 6.09. The van der Waals surface area contributed by atoms with Gasteiger partial charge in [0.25, 0.3) is 0 Å². The van der Waals surface area contributed by atoms with Gasteiger partial charge in [-0.2, -0.15) is 0 Å². The van der Waals surface area contributed by atoms with E-state index < -0.39 is 5.41 Å². The molecule has 0 aromatic carbocycles. The van der Waals surface area contributed by atoms with Crippen LogP contribution >= 0.6 is 0 Å². The van der Waals surface area contributed by atoms with Crippen molar-refractivity contribution in [3.05, 3.63) is 23.8 Å². The van der Waals surface area contributed by atoms with E-state index >= 15 is 0 Å². The second-order valence-corrected chi connectivity index (χ2v) is 6.09. The quantitative estimate of drug-likeness (QED) is 0.744. The van der Waals surface area contributed by atoms with Gasteiger partial charge in [-0.25, -0.2) is 0 Å². The molecule has 0 fully saturated rings. The van der Waals surface area contributed by atoms with Crippen molar-refractivity contribution in [3.8, 4) is 0 Å². The Kier molecular flexibility index (Phi) is 3.67. The van der Waals surface area contributed by atoms with Crippen LogP contribution in [0, 0.1) is 5.41 Å². The Labute approximate surface area is 119 Å². The first-order valence-electron chi connectivity index (χ1n) is 6.96. The molecule has 1 atom stereocenters. The molecule has 1 aliphatic heterocycles. The third-order valence-corrected chi connectivity index (χ3v) is 3.71. The summed E-state index contributed by atoms with van der Waals surface area (Å²) >= 11 is 0. The van der Waals surface area contributed by atoms with Crippen LogP contribution in [0.25, 0.3) is 0 Å². The maximum absolute atomic E-state index is 11.8. The van der Waals surface area contributed by atoms with Crippen molar-refractivity contribution in [2.24, 2.45) is 10.4 Å². The van der Waals surface area contributed by atoms with Crippen molar-refractivity contribution in [2.45, 2.75) is 46.1 Å². The lowest BCUT2D eigenvalue weighted by Crippen LogP contribution is -2.30. The number of rotatable bonds is 3. The lowest BCUT2D eigenvalue weighted by molar-refractivity contribution is -0.141. The molecule has 1 spiro atoms. The zero-order valence-electron chi connectivity index (χ0n) is 12.5. The van der Waals surface area contributed by atoms with Crippen LogP contribution in [0.3, 0.4) is 0 Å². The summed E-state index contributed by atoms with van der Waals surface area (Å²) in [5.74, 6) is -0.240. The monoisotopic (exact) mass is 275 g/mol. The van der Waals surface area contributed by atoms with E-state index in [2.05, 4.69) is 4.99 Å². The maximum atomic E-state index is 11.8. The summed E-state index contributed by atoms with van der Waals surface area (Å²) in [6.45, 7) is 8.05. The fourth-order valence-electron chi connectivity index (χ4n) is 3.03. The maximum Gasteiger partial charge on any atom is 0.311 e. The highest BCUT2D eigenvalue weighted by atomic mass is 16.5. The van der Waals surface area contributed by atoms with Crippen molar-refractivity contribution in [1.29, 1.82) is 0 Å². The van der Waals surface area contributed by atoms with E-state index in [0.717, 1.165) is 12.1 Å². The molecule has 1 heterocycles. The molecule has 0 aromatic heterocycles. The molecule has 4 heteroatoms. The first-order valence-corrected chi connectivity index (χ1v) is 6.96. The molecule has 108 valence electrons. The van der Waals surface area contributed by atoms with Crippen LogP contribution in [-0.4, -0.2) is 29.6 Å². The van der Waals surface area contributed by atoms with Crippen LogP contribution < -0.4 is 0 Å². The topological polar surface area (TPSA) is 55.7 Å². The summed E-state index contributed by atoms with van der Waals surface area (Å²) in [6.07, 6.45) is 6.38. The van der Waals surface area contributed by atoms with Crippen LogP contribution in [0.15, 0.2) is 28.8 Å². The zero-order valence-corrected chi connectivity index (χ0v) is 12.5. The van der Waals surface area contributed by atoms with Crippen LogP contribution in [0.1, 0.15) is 40.5 Å². The minimum absolute atomic E-state index is 0.0239. The highest BCUT2D eigenvalue weighted by Gasteiger charge is 2.45. The Morgan fingerprint density at radius 1 is 1.45 bits per heavy atom. The molecule has 20 heavy (non-hydrogen) atoms. The number of hydrogen-bond donors (Lipinski definition) is 0. The van der Waals surface area contributed by atoms with Crippen LogP contribution in [0.4, 0.5) is 0 Å². The molecule has 1 aliphatic carbocycles. The van der Waals surface area contributed by atoms with E-state index in [9.17, 15) is 9.59 Å². The van der Waals surface area contributed by atoms with Gasteiger partial charge in [0.05, 0.1) is 18.6 Å². The Bertz CT molecular complexity index is 540. The van der Waals surface area contributed by atoms with Gasteiger partial charge < -0.3 is 4.74 Å². The van der Waals surface area contributed by atoms with Gasteiger partial charge in [-0.15, -0.1) is 0 Å². The Morgan fingerprint density at radius 3 is 2.75 bits per heavy atom. The third-order valence-electron chi connectivity index (χ3n) is 3.71. The summed E-state index contributed by atoms with van der Waals surface area (Å²) in [5.41, 5.74) is 0.864. The molecule has 0 unspecified atom stereocenters. The van der Waals surface area contributed by atoms with Gasteiger partial charge in [0.15, 0.2) is 5.78 Å². The van der Waals surface area contributed by atoms with E-state index in [4.69, 9.17) is 4.74 Å². The molecule has 0 aromatic rings. The van der Waals surface area contributed by atoms with Crippen molar-refractivity contribution in [1.82, 2.24) is 0 Å². The van der Waals surface area contributed by atoms with Gasteiger partial charge in [0, 0.05) is 11.1 Å². The average Bonchev–Trinajstić information content (AvgIpc) is 2.56. The van der Waals surface area contributed by atoms with Crippen LogP contribution in [0.2, 0.25) is 0 Å². The molecular weight excluding hydrogens is 254 g/mol. The van der Waals surface area contributed by atoms with Crippen molar-refractivity contribution < 1.29 is 14.3 Å². The first kappa shape index (κ1) is 14.7. The van der Waals surface area contributed by atoms with Crippen LogP contribution in [-0.2, 0) is 14.3 Å². The first-order chi connectivity index (χ1) is 9.28. The molecule has 0 bridgehead atoms. The molecule has 0 N–H and O–H groups in total. The summed E-state index contributed by atoms with van der Waals surface area (Å²) < 4.78 is 5.02. The standard InChI is InChI=1S/C16H21NO3/c1-5-20-14(19)8-13-16(10-15(3,4)17-13)7-6-12(18)11(2)9-16/h6-7,9H,5,8,10H2,1-4H3/t16-/m0/s1. The predicted molar refractivity (Wildman–Crippen MR) is 77.7 cm³/mol. The second kappa shape index (κ2) is 5.00. The molecular formula is C16H21NO3. The van der Waals surface area contributed by atoms with E-state index in [1.54, 1.807) is 19.9 Å². The highest BCUT2D eigenvalue weighted by Crippen LogP contribution is 2.45. The lowest BCUT2D eigenvalue weighted by Gasteiger charge is -2.28. The summed E-state index contributed by atoms with van der Waals surface area (Å²) in [4.78, 5) is 28.1. The van der Waals surface area contributed by atoms with Gasteiger partial charge in [-0.05, 0) is 45.8 Å². The van der Waals surface area contributed by atoms with Gasteiger partial charge >= 0.3 is 5.97 Å². The number of allylic oxidation sites excluding steroid dienone is 4. The largest absolute Gasteiger partial charge is 0.466 e. The Morgan fingerprint density at radius 2 is 2.15 bits per heavy atom. The van der Waals surface area contributed by atoms with E-state index in [-0.39, 0.29) is 23.7 Å². The average molecular weight is 275 g/mol. The van der Waals surface area contributed by atoms with Crippen molar-refractivity contribution in [2.75, 3.05) is 6.61 Å². The molecule has 0 amide bonds. The van der Waals surface area contributed by atoms with Gasteiger partial charge in [0.2, 0.25) is 0 Å². The van der Waals surface area contributed by atoms with E-state index in [0.29, 0.717) is 12.2 Å². The molecule has 0 saturated carbocycles. The van der Waals surface area contributed by atoms with Gasteiger partial charge in [0.1, 0.15) is 0 Å². The van der Waals surface area contributed by atoms with Gasteiger partial charge in [-0.3, -0.25) is 14.6 Å². The van der Waals surface area contributed by atoms with Crippen LogP contribution in [0.5, 0.6) is 0 Å². The molecule has 0 radical (unpaired) electrons. The SMILES string of the molecule is CCOC(=O)CC1=NC(C)(C)C[C@@]12C=CC(=O)C(C)=C2. The Balaban J connectivity index is 2.33. The zero-order chi connectivity index (χ0) is 15.0. The van der Waals surface area contributed by atoms with E-state index in [1.807, 2.05) is 26.0 Å². The summed E-state index contributed by atoms with van der Waals surface area (Å²) in [5, 5.41) is 0. The minimum Gasteiger partial charge on any atom is -0.466 e. The lowest BCUT2D eigenvalue weighted by atomic mass is 9.72. The Hall–Kier alpha value is -1.71. The van der Waals surface area contributed by atoms with Gasteiger partial charge in [-0.1, -0.05) is 12.2 Å². The number of nitrogens with zero attached hydrogens (tertiary/aromatic N) is 1. The highest BCUT2D eigenvalue weighted by molar-refractivity contribution is 6.11. The molecule has 4 nitrogen and oxygen atoms in total. The van der Waals surface area contributed by atoms with E-state index in [1.165, 1.54) is 0 Å². The molecule has 0 saturated heterocycles. The molecule has 2 aliphatic rings. The number of carbonyl (C=O) groups is 2. The normalized spacial score (nSPS) is 27.5. The number of esters is 1. The minimum atomic E-state index is -0.408. The van der Waals surface area contributed by atoms with Crippen molar-refractivity contribution >= 4 is 17.5 Å². The van der Waals surface area contributed by atoms with Crippen molar-refractivity contribution in [3.63, 3.8) is 0 Å². The third kappa shape index (κ3) is 2.74. The molecule has 2 rings (SSSR count). The predicted octanol–water partition coefficient (Wildman–Crippen LogP) is 2.63. The smallest absolute Gasteiger partial charge is 0.311 e. The number of ketones is 1. The number of ether oxygens (including phenoxy) is 1. The summed E-state index contributed by atoms with van der Waals surface area (Å²) in [7, 11) is 0. The summed E-state index contributed by atoms with van der Waals surface area (Å²) in [6, 6.07) is 0. The number of aliphatic imine (C=N–C) groups is 1. The fourth-order valence-corrected chi connectivity index (χ4v) is 3.03.